The van der Waals surface area contributed by atoms with Crippen LogP contribution >= 0.6 is 11.6 Å². The molecule has 0 aliphatic carbocycles. The van der Waals surface area contributed by atoms with Gasteiger partial charge in [-0.3, -0.25) is 4.79 Å². The van der Waals surface area contributed by atoms with Gasteiger partial charge in [0.2, 0.25) is 0 Å². The van der Waals surface area contributed by atoms with E-state index in [1.54, 1.807) is 18.0 Å². The zero-order chi connectivity index (χ0) is 13.8. The zero-order valence-corrected chi connectivity index (χ0v) is 11.7. The fourth-order valence-electron chi connectivity index (χ4n) is 2.28. The Hall–Kier alpha value is -1.33. The summed E-state index contributed by atoms with van der Waals surface area (Å²) in [6, 6.07) is 3.08. The molecule has 2 N–H and O–H groups in total. The van der Waals surface area contributed by atoms with E-state index in [4.69, 9.17) is 22.1 Å². The van der Waals surface area contributed by atoms with Gasteiger partial charge in [0, 0.05) is 25.8 Å². The molecular weight excluding hydrogens is 266 g/mol. The predicted octanol–water partition coefficient (Wildman–Crippen LogP) is 1.82. The van der Waals surface area contributed by atoms with Gasteiger partial charge in [-0.1, -0.05) is 11.6 Å². The molecule has 1 aliphatic rings. The van der Waals surface area contributed by atoms with Crippen LogP contribution in [-0.4, -0.2) is 42.6 Å². The summed E-state index contributed by atoms with van der Waals surface area (Å²) in [7, 11) is 1.78. The van der Waals surface area contributed by atoms with Gasteiger partial charge in [0.15, 0.2) is 0 Å². The normalized spacial score (nSPS) is 19.2. The van der Waals surface area contributed by atoms with Crippen LogP contribution in [0, 0.1) is 5.92 Å². The van der Waals surface area contributed by atoms with E-state index in [0.717, 1.165) is 26.1 Å². The number of amides is 1. The molecule has 1 unspecified atom stereocenters. The van der Waals surface area contributed by atoms with Gasteiger partial charge in [-0.25, -0.2) is 4.98 Å². The highest BCUT2D eigenvalue weighted by atomic mass is 35.5. The van der Waals surface area contributed by atoms with Gasteiger partial charge in [-0.2, -0.15) is 0 Å². The highest BCUT2D eigenvalue weighted by molar-refractivity contribution is 6.29. The molecule has 1 aliphatic heterocycles. The summed E-state index contributed by atoms with van der Waals surface area (Å²) in [6.45, 7) is 2.22. The summed E-state index contributed by atoms with van der Waals surface area (Å²) in [5.74, 6) is 0.559. The summed E-state index contributed by atoms with van der Waals surface area (Å²) in [6.07, 6.45) is 2.15. The standard InChI is InChI=1S/C13H18ClN3O2/c1-17(7-9-3-2-4-19-8-9)13(18)10-5-11(14)16-12(15)6-10/h5-6,9H,2-4,7-8H2,1H3,(H2,15,16). The molecular formula is C13H18ClN3O2. The van der Waals surface area contributed by atoms with Crippen molar-refractivity contribution in [2.24, 2.45) is 5.92 Å². The zero-order valence-electron chi connectivity index (χ0n) is 10.9. The van der Waals surface area contributed by atoms with Crippen molar-refractivity contribution in [2.45, 2.75) is 12.8 Å². The molecule has 1 aromatic rings. The number of pyridine rings is 1. The first-order valence-electron chi connectivity index (χ1n) is 6.32. The van der Waals surface area contributed by atoms with E-state index in [9.17, 15) is 4.79 Å². The molecule has 19 heavy (non-hydrogen) atoms. The summed E-state index contributed by atoms with van der Waals surface area (Å²) in [5.41, 5.74) is 6.06. The number of rotatable bonds is 3. The minimum atomic E-state index is -0.0958. The second-order valence-electron chi connectivity index (χ2n) is 4.87. The molecule has 1 amide bonds. The maximum absolute atomic E-state index is 12.3. The van der Waals surface area contributed by atoms with E-state index in [2.05, 4.69) is 4.98 Å². The Morgan fingerprint density at radius 2 is 2.42 bits per heavy atom. The van der Waals surface area contributed by atoms with Gasteiger partial charge >= 0.3 is 0 Å². The van der Waals surface area contributed by atoms with Crippen LogP contribution in [0.2, 0.25) is 5.15 Å². The Morgan fingerprint density at radius 3 is 3.05 bits per heavy atom. The van der Waals surface area contributed by atoms with Crippen molar-refractivity contribution in [3.05, 3.63) is 22.8 Å². The molecule has 1 atom stereocenters. The van der Waals surface area contributed by atoms with E-state index in [0.29, 0.717) is 18.0 Å². The minimum Gasteiger partial charge on any atom is -0.384 e. The average molecular weight is 284 g/mol. The summed E-state index contributed by atoms with van der Waals surface area (Å²) in [5, 5.41) is 0.234. The number of nitrogens with zero attached hydrogens (tertiary/aromatic N) is 2. The van der Waals surface area contributed by atoms with Crippen molar-refractivity contribution in [3.8, 4) is 0 Å². The summed E-state index contributed by atoms with van der Waals surface area (Å²) < 4.78 is 5.42. The third-order valence-electron chi connectivity index (χ3n) is 3.19. The van der Waals surface area contributed by atoms with Crippen molar-refractivity contribution in [1.82, 2.24) is 9.88 Å². The van der Waals surface area contributed by atoms with Crippen molar-refractivity contribution < 1.29 is 9.53 Å². The number of aromatic nitrogens is 1. The molecule has 0 bridgehead atoms. The summed E-state index contributed by atoms with van der Waals surface area (Å²) >= 11 is 5.81. The molecule has 0 saturated carbocycles. The molecule has 5 nitrogen and oxygen atoms in total. The van der Waals surface area contributed by atoms with Crippen molar-refractivity contribution >= 4 is 23.3 Å². The fraction of sp³-hybridized carbons (Fsp3) is 0.538. The molecule has 0 spiro atoms. The first kappa shape index (κ1) is 14.1. The number of hydrogen-bond donors (Lipinski definition) is 1. The molecule has 2 heterocycles. The lowest BCUT2D eigenvalue weighted by Gasteiger charge is -2.27. The molecule has 104 valence electrons. The molecule has 1 saturated heterocycles. The smallest absolute Gasteiger partial charge is 0.253 e. The van der Waals surface area contributed by atoms with Crippen molar-refractivity contribution in [1.29, 1.82) is 0 Å². The number of carbonyl (C=O) groups excluding carboxylic acids is 1. The second-order valence-corrected chi connectivity index (χ2v) is 5.26. The third kappa shape index (κ3) is 3.81. The lowest BCUT2D eigenvalue weighted by Crippen LogP contribution is -2.35. The maximum Gasteiger partial charge on any atom is 0.253 e. The average Bonchev–Trinajstić information content (AvgIpc) is 2.37. The van der Waals surface area contributed by atoms with E-state index in [1.807, 2.05) is 0 Å². The van der Waals surface area contributed by atoms with Crippen LogP contribution in [0.4, 0.5) is 5.82 Å². The Balaban J connectivity index is 2.01. The summed E-state index contributed by atoms with van der Waals surface area (Å²) in [4.78, 5) is 17.8. The lowest BCUT2D eigenvalue weighted by atomic mass is 10.0. The van der Waals surface area contributed by atoms with Gasteiger partial charge in [0.25, 0.3) is 5.91 Å². The largest absolute Gasteiger partial charge is 0.384 e. The van der Waals surface area contributed by atoms with Crippen molar-refractivity contribution in [3.63, 3.8) is 0 Å². The first-order valence-corrected chi connectivity index (χ1v) is 6.70. The SMILES string of the molecule is CN(CC1CCCOC1)C(=O)c1cc(N)nc(Cl)c1. The minimum absolute atomic E-state index is 0.0958. The number of carbonyl (C=O) groups is 1. The van der Waals surface area contributed by atoms with Crippen LogP contribution in [0.3, 0.4) is 0 Å². The van der Waals surface area contributed by atoms with Crippen LogP contribution in [0.5, 0.6) is 0 Å². The van der Waals surface area contributed by atoms with Crippen LogP contribution in [0.15, 0.2) is 12.1 Å². The van der Waals surface area contributed by atoms with Crippen LogP contribution in [0.25, 0.3) is 0 Å². The molecule has 1 aromatic heterocycles. The Kier molecular flexibility index (Phi) is 4.61. The molecule has 1 fully saturated rings. The molecule has 6 heteroatoms. The van der Waals surface area contributed by atoms with Crippen LogP contribution in [-0.2, 0) is 4.74 Å². The monoisotopic (exact) mass is 283 g/mol. The van der Waals surface area contributed by atoms with Crippen LogP contribution in [0.1, 0.15) is 23.2 Å². The Morgan fingerprint density at radius 1 is 1.63 bits per heavy atom. The van der Waals surface area contributed by atoms with E-state index in [1.165, 1.54) is 6.07 Å². The number of halogens is 1. The number of ether oxygens (including phenoxy) is 1. The first-order chi connectivity index (χ1) is 9.06. The van der Waals surface area contributed by atoms with Crippen LogP contribution < -0.4 is 5.73 Å². The predicted molar refractivity (Wildman–Crippen MR) is 74.2 cm³/mol. The van der Waals surface area contributed by atoms with Gasteiger partial charge in [0.05, 0.1) is 6.61 Å². The van der Waals surface area contributed by atoms with E-state index < -0.39 is 0 Å². The van der Waals surface area contributed by atoms with Gasteiger partial charge in [-0.15, -0.1) is 0 Å². The molecule has 2 rings (SSSR count). The molecule has 0 aromatic carbocycles. The lowest BCUT2D eigenvalue weighted by molar-refractivity contribution is 0.0388. The third-order valence-corrected chi connectivity index (χ3v) is 3.39. The van der Waals surface area contributed by atoms with E-state index >= 15 is 0 Å². The number of anilines is 1. The van der Waals surface area contributed by atoms with E-state index in [-0.39, 0.29) is 16.9 Å². The fourth-order valence-corrected chi connectivity index (χ4v) is 2.50. The highest BCUT2D eigenvalue weighted by Crippen LogP contribution is 2.17. The van der Waals surface area contributed by atoms with Gasteiger partial charge < -0.3 is 15.4 Å². The second kappa shape index (κ2) is 6.21. The van der Waals surface area contributed by atoms with Crippen molar-refractivity contribution in [2.75, 3.05) is 32.5 Å². The Labute approximate surface area is 117 Å². The van der Waals surface area contributed by atoms with Gasteiger partial charge in [0.1, 0.15) is 11.0 Å². The Bertz CT molecular complexity index is 441. The molecule has 0 radical (unpaired) electrons. The number of nitrogen functional groups attached to an aromatic ring is 1. The topological polar surface area (TPSA) is 68.5 Å². The highest BCUT2D eigenvalue weighted by Gasteiger charge is 2.20. The maximum atomic E-state index is 12.3. The number of hydrogen-bond acceptors (Lipinski definition) is 4. The quantitative estimate of drug-likeness (QED) is 0.859. The number of nitrogens with two attached hydrogens (primary N) is 1. The van der Waals surface area contributed by atoms with Gasteiger partial charge in [-0.05, 0) is 30.9 Å².